The molecule has 3 rings (SSSR count). The lowest BCUT2D eigenvalue weighted by molar-refractivity contribution is -0.135. The molecule has 1 aliphatic rings. The third kappa shape index (κ3) is 5.47. The molecule has 0 radical (unpaired) electrons. The van der Waals surface area contributed by atoms with Crippen molar-refractivity contribution in [2.75, 3.05) is 32.8 Å². The Morgan fingerprint density at radius 3 is 2.52 bits per heavy atom. The Kier molecular flexibility index (Phi) is 7.11. The van der Waals surface area contributed by atoms with Crippen molar-refractivity contribution in [1.82, 2.24) is 9.80 Å². The van der Waals surface area contributed by atoms with E-state index in [1.165, 1.54) is 0 Å². The molecule has 1 fully saturated rings. The molecular formula is C22H26ClFN2O3. The molecular weight excluding hydrogens is 395 g/mol. The monoisotopic (exact) mass is 420 g/mol. The lowest BCUT2D eigenvalue weighted by Gasteiger charge is -2.35. The van der Waals surface area contributed by atoms with Gasteiger partial charge in [-0.2, -0.15) is 0 Å². The van der Waals surface area contributed by atoms with Gasteiger partial charge >= 0.3 is 0 Å². The molecule has 0 atom stereocenters. The molecule has 1 aliphatic heterocycles. The average molecular weight is 421 g/mol. The topological polar surface area (TPSA) is 53.0 Å². The minimum absolute atomic E-state index is 0.0785. The number of aliphatic hydroxyl groups excluding tert-OH is 1. The SMILES string of the molecule is Cc1cc(CN2CCN(C(=O)COc3ccc(Cl)cc3CO)CC2)c(C)cc1F. The minimum atomic E-state index is -0.203. The number of hydrogen-bond acceptors (Lipinski definition) is 4. The number of nitrogens with zero attached hydrogens (tertiary/aromatic N) is 2. The Balaban J connectivity index is 1.50. The fourth-order valence-corrected chi connectivity index (χ4v) is 3.65. The Morgan fingerprint density at radius 2 is 1.83 bits per heavy atom. The molecule has 0 saturated carbocycles. The van der Waals surface area contributed by atoms with E-state index in [2.05, 4.69) is 4.90 Å². The van der Waals surface area contributed by atoms with Crippen molar-refractivity contribution in [3.63, 3.8) is 0 Å². The van der Waals surface area contributed by atoms with Crippen LogP contribution < -0.4 is 4.74 Å². The fourth-order valence-electron chi connectivity index (χ4n) is 3.45. The van der Waals surface area contributed by atoms with Gasteiger partial charge in [-0.15, -0.1) is 0 Å². The van der Waals surface area contributed by atoms with E-state index in [4.69, 9.17) is 16.3 Å². The lowest BCUT2D eigenvalue weighted by Crippen LogP contribution is -2.49. The van der Waals surface area contributed by atoms with Gasteiger partial charge in [0, 0.05) is 43.3 Å². The minimum Gasteiger partial charge on any atom is -0.483 e. The van der Waals surface area contributed by atoms with Crippen LogP contribution in [-0.4, -0.2) is 53.6 Å². The summed E-state index contributed by atoms with van der Waals surface area (Å²) in [5.41, 5.74) is 3.27. The largest absolute Gasteiger partial charge is 0.483 e. The zero-order valence-electron chi connectivity index (χ0n) is 16.8. The summed E-state index contributed by atoms with van der Waals surface area (Å²) >= 11 is 5.91. The van der Waals surface area contributed by atoms with E-state index >= 15 is 0 Å². The number of carbonyl (C=O) groups excluding carboxylic acids is 1. The number of aryl methyl sites for hydroxylation is 2. The molecule has 0 aromatic heterocycles. The lowest BCUT2D eigenvalue weighted by atomic mass is 10.0. The molecule has 1 amide bonds. The molecule has 7 heteroatoms. The molecule has 156 valence electrons. The zero-order chi connectivity index (χ0) is 21.0. The number of amides is 1. The predicted octanol–water partition coefficient (Wildman–Crippen LogP) is 3.31. The molecule has 0 aliphatic carbocycles. The Morgan fingerprint density at radius 1 is 1.10 bits per heavy atom. The maximum absolute atomic E-state index is 13.7. The Labute approximate surface area is 175 Å². The van der Waals surface area contributed by atoms with E-state index in [1.54, 1.807) is 36.1 Å². The van der Waals surface area contributed by atoms with Crippen LogP contribution in [0.3, 0.4) is 0 Å². The molecule has 29 heavy (non-hydrogen) atoms. The zero-order valence-corrected chi connectivity index (χ0v) is 17.5. The highest BCUT2D eigenvalue weighted by Gasteiger charge is 2.22. The summed E-state index contributed by atoms with van der Waals surface area (Å²) in [6.07, 6.45) is 0. The first kappa shape index (κ1) is 21.6. The highest BCUT2D eigenvalue weighted by atomic mass is 35.5. The summed E-state index contributed by atoms with van der Waals surface area (Å²) < 4.78 is 19.3. The van der Waals surface area contributed by atoms with E-state index in [1.807, 2.05) is 13.0 Å². The van der Waals surface area contributed by atoms with Crippen LogP contribution in [0.15, 0.2) is 30.3 Å². The maximum atomic E-state index is 13.7. The van der Waals surface area contributed by atoms with Gasteiger partial charge in [-0.05, 0) is 54.8 Å². The van der Waals surface area contributed by atoms with E-state index < -0.39 is 0 Å². The number of aliphatic hydroxyl groups is 1. The molecule has 2 aromatic carbocycles. The number of piperazine rings is 1. The molecule has 0 unspecified atom stereocenters. The number of ether oxygens (including phenoxy) is 1. The van der Waals surface area contributed by atoms with Crippen LogP contribution >= 0.6 is 11.6 Å². The van der Waals surface area contributed by atoms with E-state index in [-0.39, 0.29) is 24.9 Å². The highest BCUT2D eigenvalue weighted by Crippen LogP contribution is 2.23. The number of hydrogen-bond donors (Lipinski definition) is 1. The number of carbonyl (C=O) groups is 1. The number of rotatable bonds is 6. The van der Waals surface area contributed by atoms with Crippen LogP contribution in [0, 0.1) is 19.7 Å². The van der Waals surface area contributed by atoms with E-state index in [0.717, 1.165) is 30.8 Å². The van der Waals surface area contributed by atoms with Gasteiger partial charge in [0.15, 0.2) is 6.61 Å². The second kappa shape index (κ2) is 9.57. The Hall–Kier alpha value is -2.15. The third-order valence-electron chi connectivity index (χ3n) is 5.28. The predicted molar refractivity (Wildman–Crippen MR) is 111 cm³/mol. The molecule has 1 heterocycles. The first-order valence-corrected chi connectivity index (χ1v) is 10.0. The van der Waals surface area contributed by atoms with Crippen LogP contribution in [0.25, 0.3) is 0 Å². The van der Waals surface area contributed by atoms with Crippen molar-refractivity contribution in [2.45, 2.75) is 27.0 Å². The van der Waals surface area contributed by atoms with Crippen molar-refractivity contribution in [1.29, 1.82) is 0 Å². The van der Waals surface area contributed by atoms with Crippen molar-refractivity contribution < 1.29 is 19.0 Å². The normalized spacial score (nSPS) is 14.9. The van der Waals surface area contributed by atoms with E-state index in [9.17, 15) is 14.3 Å². The van der Waals surface area contributed by atoms with Gasteiger partial charge in [0.25, 0.3) is 5.91 Å². The summed E-state index contributed by atoms with van der Waals surface area (Å²) in [5.74, 6) is 0.204. The van der Waals surface area contributed by atoms with Gasteiger partial charge < -0.3 is 14.7 Å². The van der Waals surface area contributed by atoms with Crippen molar-refractivity contribution in [3.8, 4) is 5.75 Å². The third-order valence-corrected chi connectivity index (χ3v) is 5.52. The van der Waals surface area contributed by atoms with Crippen LogP contribution in [-0.2, 0) is 17.9 Å². The fraction of sp³-hybridized carbons (Fsp3) is 0.409. The number of halogens is 2. The molecule has 0 spiro atoms. The molecule has 2 aromatic rings. The molecule has 1 saturated heterocycles. The van der Waals surface area contributed by atoms with Crippen molar-refractivity contribution >= 4 is 17.5 Å². The van der Waals surface area contributed by atoms with Crippen LogP contribution in [0.1, 0.15) is 22.3 Å². The van der Waals surface area contributed by atoms with Crippen molar-refractivity contribution in [2.24, 2.45) is 0 Å². The van der Waals surface area contributed by atoms with Gasteiger partial charge in [-0.25, -0.2) is 4.39 Å². The average Bonchev–Trinajstić information content (AvgIpc) is 2.71. The summed E-state index contributed by atoms with van der Waals surface area (Å²) in [6, 6.07) is 8.43. The molecule has 1 N–H and O–H groups in total. The summed E-state index contributed by atoms with van der Waals surface area (Å²) in [5, 5.41) is 9.91. The van der Waals surface area contributed by atoms with Gasteiger partial charge in [-0.3, -0.25) is 9.69 Å². The smallest absolute Gasteiger partial charge is 0.260 e. The second-order valence-electron chi connectivity index (χ2n) is 7.38. The highest BCUT2D eigenvalue weighted by molar-refractivity contribution is 6.30. The van der Waals surface area contributed by atoms with Gasteiger partial charge in [0.1, 0.15) is 11.6 Å². The second-order valence-corrected chi connectivity index (χ2v) is 7.82. The van der Waals surface area contributed by atoms with Crippen LogP contribution in [0.2, 0.25) is 5.02 Å². The van der Waals surface area contributed by atoms with E-state index in [0.29, 0.717) is 35.0 Å². The molecule has 0 bridgehead atoms. The number of benzene rings is 2. The summed E-state index contributed by atoms with van der Waals surface area (Å²) in [7, 11) is 0. The first-order valence-electron chi connectivity index (χ1n) is 9.65. The van der Waals surface area contributed by atoms with Gasteiger partial charge in [-0.1, -0.05) is 17.7 Å². The van der Waals surface area contributed by atoms with Crippen LogP contribution in [0.4, 0.5) is 4.39 Å². The van der Waals surface area contributed by atoms with Gasteiger partial charge in [0.2, 0.25) is 0 Å². The summed E-state index contributed by atoms with van der Waals surface area (Å²) in [6.45, 7) is 6.91. The standard InChI is InChI=1S/C22H26ClFN2O3/c1-15-10-20(24)16(2)9-17(15)12-25-5-7-26(8-6-25)22(28)14-29-21-4-3-19(23)11-18(21)13-27/h3-4,9-11,27H,5-8,12-14H2,1-2H3. The molecule has 5 nitrogen and oxygen atoms in total. The van der Waals surface area contributed by atoms with Gasteiger partial charge in [0.05, 0.1) is 6.61 Å². The Bertz CT molecular complexity index is 883. The summed E-state index contributed by atoms with van der Waals surface area (Å²) in [4.78, 5) is 16.5. The first-order chi connectivity index (χ1) is 13.9. The quantitative estimate of drug-likeness (QED) is 0.779. The maximum Gasteiger partial charge on any atom is 0.260 e. The van der Waals surface area contributed by atoms with Crippen molar-refractivity contribution in [3.05, 3.63) is 63.4 Å². The van der Waals surface area contributed by atoms with Crippen LogP contribution in [0.5, 0.6) is 5.75 Å².